The minimum absolute atomic E-state index is 0.0371. The Labute approximate surface area is 238 Å². The second kappa shape index (κ2) is 11.9. The number of hydrogen-bond donors (Lipinski definition) is 0. The first kappa shape index (κ1) is 27.4. The molecule has 1 fully saturated rings. The van der Waals surface area contributed by atoms with Crippen LogP contribution in [0.4, 0.5) is 0 Å². The fraction of sp³-hybridized carbons (Fsp3) is 0.387. The molecule has 0 saturated carbocycles. The van der Waals surface area contributed by atoms with Crippen LogP contribution in [0, 0.1) is 0 Å². The van der Waals surface area contributed by atoms with Gasteiger partial charge in [0.15, 0.2) is 0 Å². The normalized spacial score (nSPS) is 19.9. The average Bonchev–Trinajstić information content (AvgIpc) is 3.22. The van der Waals surface area contributed by atoms with E-state index < -0.39 is 10.8 Å². The molecule has 200 valence electrons. The van der Waals surface area contributed by atoms with Crippen molar-refractivity contribution in [2.24, 2.45) is 0 Å². The summed E-state index contributed by atoms with van der Waals surface area (Å²) in [6.45, 7) is 5.64. The maximum atomic E-state index is 13.3. The second-order valence-corrected chi connectivity index (χ2v) is 12.5. The predicted octanol–water partition coefficient (Wildman–Crippen LogP) is 7.30. The summed E-state index contributed by atoms with van der Waals surface area (Å²) in [6, 6.07) is 22.0. The number of nitrogens with zero attached hydrogens (tertiary/aromatic N) is 2. The van der Waals surface area contributed by atoms with Crippen molar-refractivity contribution in [3.05, 3.63) is 99.0 Å². The van der Waals surface area contributed by atoms with Crippen LogP contribution in [0.15, 0.2) is 71.6 Å². The molecule has 5 rings (SSSR count). The van der Waals surface area contributed by atoms with Crippen LogP contribution in [0.5, 0.6) is 0 Å². The second-order valence-electron chi connectivity index (χ2n) is 10.3. The van der Waals surface area contributed by atoms with E-state index in [1.807, 2.05) is 47.4 Å². The number of benzene rings is 3. The van der Waals surface area contributed by atoms with Crippen LogP contribution in [0.2, 0.25) is 10.0 Å². The number of piperidine rings is 1. The smallest absolute Gasteiger partial charge is 0.254 e. The Bertz CT molecular complexity index is 1340. The van der Waals surface area contributed by atoms with Crippen molar-refractivity contribution in [3.8, 4) is 0 Å². The summed E-state index contributed by atoms with van der Waals surface area (Å²) in [5.41, 5.74) is 4.25. The number of carbonyl (C=O) groups is 1. The van der Waals surface area contributed by atoms with Crippen molar-refractivity contribution in [3.63, 3.8) is 0 Å². The maximum Gasteiger partial charge on any atom is 0.254 e. The van der Waals surface area contributed by atoms with E-state index in [0.717, 1.165) is 60.5 Å². The topological polar surface area (TPSA) is 40.6 Å². The maximum absolute atomic E-state index is 13.3. The zero-order valence-corrected chi connectivity index (χ0v) is 24.2. The molecule has 2 aliphatic rings. The largest absolute Gasteiger partial charge is 0.331 e. The Morgan fingerprint density at radius 3 is 2.32 bits per heavy atom. The van der Waals surface area contributed by atoms with Crippen LogP contribution < -0.4 is 0 Å². The van der Waals surface area contributed by atoms with E-state index in [-0.39, 0.29) is 17.9 Å². The Morgan fingerprint density at radius 1 is 0.947 bits per heavy atom. The minimum atomic E-state index is -0.979. The number of amides is 1. The summed E-state index contributed by atoms with van der Waals surface area (Å²) in [4.78, 5) is 18.8. The molecule has 7 heteroatoms. The lowest BCUT2D eigenvalue weighted by molar-refractivity contribution is 0.0703. The Balaban J connectivity index is 1.36. The van der Waals surface area contributed by atoms with Gasteiger partial charge in [0, 0.05) is 29.2 Å². The SMILES string of the molecule is CCN1C(=O)c2ccccc2C1C(CCN1CCC(c2ccccc2[S@](C)=O)CC1)c1ccc(Cl)c(Cl)c1. The molecule has 38 heavy (non-hydrogen) atoms. The standard InChI is InChI=1S/C31H34Cl2N2O2S/c1-3-35-30(25-9-4-5-10-26(25)31(35)36)24(22-12-13-27(32)28(33)20-22)16-19-34-17-14-21(15-18-34)23-8-6-7-11-29(23)38(2)37/h4-13,20-21,24,30H,3,14-19H2,1-2H3/t24?,30?,38-/m0/s1. The lowest BCUT2D eigenvalue weighted by Crippen LogP contribution is -2.36. The van der Waals surface area contributed by atoms with Crippen LogP contribution in [-0.4, -0.2) is 52.4 Å². The highest BCUT2D eigenvalue weighted by molar-refractivity contribution is 7.84. The monoisotopic (exact) mass is 568 g/mol. The molecule has 0 bridgehead atoms. The van der Waals surface area contributed by atoms with Gasteiger partial charge in [-0.1, -0.05) is 65.7 Å². The van der Waals surface area contributed by atoms with E-state index in [1.54, 1.807) is 6.26 Å². The van der Waals surface area contributed by atoms with E-state index in [1.165, 1.54) is 5.56 Å². The third-order valence-electron chi connectivity index (χ3n) is 8.21. The number of hydrogen-bond acceptors (Lipinski definition) is 3. The van der Waals surface area contributed by atoms with Gasteiger partial charge in [-0.05, 0) is 92.7 Å². The van der Waals surface area contributed by atoms with E-state index in [0.29, 0.717) is 22.5 Å². The molecule has 0 spiro atoms. The summed E-state index contributed by atoms with van der Waals surface area (Å²) >= 11 is 12.8. The number of fused-ring (bicyclic) bond motifs is 1. The van der Waals surface area contributed by atoms with Gasteiger partial charge in [-0.3, -0.25) is 9.00 Å². The molecule has 2 heterocycles. The van der Waals surface area contributed by atoms with Crippen LogP contribution >= 0.6 is 23.2 Å². The molecule has 4 nitrogen and oxygen atoms in total. The lowest BCUT2D eigenvalue weighted by atomic mass is 9.83. The van der Waals surface area contributed by atoms with Gasteiger partial charge in [-0.2, -0.15) is 0 Å². The summed E-state index contributed by atoms with van der Waals surface area (Å²) in [7, 11) is -0.979. The fourth-order valence-electron chi connectivity index (χ4n) is 6.29. The first-order valence-corrected chi connectivity index (χ1v) is 15.7. The van der Waals surface area contributed by atoms with Crippen molar-refractivity contribution in [1.29, 1.82) is 0 Å². The Morgan fingerprint density at radius 2 is 1.63 bits per heavy atom. The van der Waals surface area contributed by atoms with Gasteiger partial charge >= 0.3 is 0 Å². The summed E-state index contributed by atoms with van der Waals surface area (Å²) in [5.74, 6) is 0.636. The molecule has 3 aromatic carbocycles. The highest BCUT2D eigenvalue weighted by atomic mass is 35.5. The lowest BCUT2D eigenvalue weighted by Gasteiger charge is -2.36. The number of likely N-dealkylation sites (tertiary alicyclic amines) is 1. The first-order valence-electron chi connectivity index (χ1n) is 13.4. The number of rotatable bonds is 8. The molecule has 0 radical (unpaired) electrons. The van der Waals surface area contributed by atoms with Crippen LogP contribution in [0.3, 0.4) is 0 Å². The average molecular weight is 570 g/mol. The van der Waals surface area contributed by atoms with Gasteiger partial charge in [-0.25, -0.2) is 0 Å². The van der Waals surface area contributed by atoms with Crippen molar-refractivity contribution in [2.75, 3.05) is 32.4 Å². The molecule has 0 aromatic heterocycles. The Kier molecular flexibility index (Phi) is 8.59. The number of likely N-dealkylation sites (N-methyl/N-ethyl adjacent to an activating group) is 1. The molecule has 3 aromatic rings. The number of halogens is 2. The van der Waals surface area contributed by atoms with E-state index in [9.17, 15) is 9.00 Å². The summed E-state index contributed by atoms with van der Waals surface area (Å²) in [5, 5.41) is 1.09. The van der Waals surface area contributed by atoms with Gasteiger partial charge in [-0.15, -0.1) is 0 Å². The number of carbonyl (C=O) groups excluding carboxylic acids is 1. The highest BCUT2D eigenvalue weighted by Crippen LogP contribution is 2.45. The van der Waals surface area contributed by atoms with Gasteiger partial charge in [0.1, 0.15) is 0 Å². The van der Waals surface area contributed by atoms with Crippen LogP contribution in [0.1, 0.15) is 71.1 Å². The molecular weight excluding hydrogens is 535 g/mol. The molecule has 1 amide bonds. The van der Waals surface area contributed by atoms with Gasteiger partial charge < -0.3 is 9.80 Å². The molecule has 1 saturated heterocycles. The quantitative estimate of drug-likeness (QED) is 0.286. The Hall–Kier alpha value is -2.18. The molecule has 3 atom stereocenters. The van der Waals surface area contributed by atoms with Crippen molar-refractivity contribution >= 4 is 39.9 Å². The minimum Gasteiger partial charge on any atom is -0.331 e. The van der Waals surface area contributed by atoms with Crippen molar-refractivity contribution in [1.82, 2.24) is 9.80 Å². The third kappa shape index (κ3) is 5.44. The zero-order chi connectivity index (χ0) is 26.8. The van der Waals surface area contributed by atoms with Gasteiger partial charge in [0.05, 0.1) is 26.9 Å². The fourth-order valence-corrected chi connectivity index (χ4v) is 7.43. The summed E-state index contributed by atoms with van der Waals surface area (Å²) in [6.07, 6.45) is 4.78. The first-order chi connectivity index (χ1) is 18.4. The van der Waals surface area contributed by atoms with Crippen LogP contribution in [0.25, 0.3) is 0 Å². The van der Waals surface area contributed by atoms with E-state index in [4.69, 9.17) is 23.2 Å². The van der Waals surface area contributed by atoms with Gasteiger partial charge in [0.25, 0.3) is 5.91 Å². The van der Waals surface area contributed by atoms with E-state index >= 15 is 0 Å². The highest BCUT2D eigenvalue weighted by Gasteiger charge is 2.41. The van der Waals surface area contributed by atoms with Crippen molar-refractivity contribution in [2.45, 2.75) is 49.0 Å². The van der Waals surface area contributed by atoms with Crippen LogP contribution in [-0.2, 0) is 10.8 Å². The predicted molar refractivity (Wildman–Crippen MR) is 157 cm³/mol. The van der Waals surface area contributed by atoms with E-state index in [2.05, 4.69) is 36.1 Å². The molecule has 0 N–H and O–H groups in total. The molecule has 0 aliphatic carbocycles. The summed E-state index contributed by atoms with van der Waals surface area (Å²) < 4.78 is 12.3. The molecule has 2 unspecified atom stereocenters. The third-order valence-corrected chi connectivity index (χ3v) is 9.94. The van der Waals surface area contributed by atoms with Gasteiger partial charge in [0.2, 0.25) is 0 Å². The zero-order valence-electron chi connectivity index (χ0n) is 21.9. The molecule has 2 aliphatic heterocycles. The van der Waals surface area contributed by atoms with Crippen molar-refractivity contribution < 1.29 is 9.00 Å². The molecular formula is C31H34Cl2N2O2S.